The number of thiazole rings is 1. The quantitative estimate of drug-likeness (QED) is 0.521. The molecule has 0 radical (unpaired) electrons. The Kier molecular flexibility index (Phi) is 6.81. The molecule has 2 aromatic carbocycles. The summed E-state index contributed by atoms with van der Waals surface area (Å²) in [6.45, 7) is 3.10. The van der Waals surface area contributed by atoms with Crippen molar-refractivity contribution in [1.82, 2.24) is 9.88 Å². The number of halogens is 1. The van der Waals surface area contributed by atoms with Crippen molar-refractivity contribution in [1.29, 1.82) is 0 Å². The summed E-state index contributed by atoms with van der Waals surface area (Å²) < 4.78 is 25.4. The smallest absolute Gasteiger partial charge is 0.261 e. The molecule has 0 bridgehead atoms. The lowest BCUT2D eigenvalue weighted by Gasteiger charge is -2.22. The first-order chi connectivity index (χ1) is 14.1. The van der Waals surface area contributed by atoms with Gasteiger partial charge in [0.1, 0.15) is 0 Å². The lowest BCUT2D eigenvalue weighted by Crippen LogP contribution is -2.34. The molecule has 0 unspecified atom stereocenters. The number of amides is 1. The average Bonchev–Trinajstić information content (AvgIpc) is 3.11. The summed E-state index contributed by atoms with van der Waals surface area (Å²) in [4.78, 5) is 21.8. The minimum Gasteiger partial charge on any atom is -0.309 e. The molecule has 0 aliphatic carbocycles. The van der Waals surface area contributed by atoms with Crippen LogP contribution in [0.3, 0.4) is 0 Å². The maximum atomic E-state index is 13.5. The number of carbonyl (C=O) groups is 1. The molecule has 0 spiro atoms. The van der Waals surface area contributed by atoms with E-state index in [-0.39, 0.29) is 16.4 Å². The van der Waals surface area contributed by atoms with Gasteiger partial charge in [0.15, 0.2) is 15.0 Å². The van der Waals surface area contributed by atoms with Crippen molar-refractivity contribution in [2.45, 2.75) is 18.2 Å². The van der Waals surface area contributed by atoms with Crippen LogP contribution >= 0.6 is 22.9 Å². The number of benzene rings is 2. The highest BCUT2D eigenvalue weighted by Crippen LogP contribution is 2.34. The maximum Gasteiger partial charge on any atom is 0.261 e. The number of carbonyl (C=O) groups excluding carboxylic acids is 1. The molecule has 0 aliphatic heterocycles. The fourth-order valence-electron chi connectivity index (χ4n) is 3.15. The van der Waals surface area contributed by atoms with Crippen LogP contribution < -0.4 is 4.90 Å². The molecule has 0 N–H and O–H groups in total. The number of nitrogens with zero attached hydrogens (tertiary/aromatic N) is 3. The van der Waals surface area contributed by atoms with Gasteiger partial charge in [-0.25, -0.2) is 13.4 Å². The number of sulfone groups is 1. The third-order valence-corrected chi connectivity index (χ3v) is 7.32. The molecule has 0 atom stereocenters. The summed E-state index contributed by atoms with van der Waals surface area (Å²) in [5, 5.41) is 1.15. The molecule has 1 heterocycles. The van der Waals surface area contributed by atoms with Crippen molar-refractivity contribution in [3.63, 3.8) is 0 Å². The number of hydrogen-bond donors (Lipinski definition) is 0. The largest absolute Gasteiger partial charge is 0.309 e. The second-order valence-electron chi connectivity index (χ2n) is 7.40. The van der Waals surface area contributed by atoms with Crippen molar-refractivity contribution in [2.75, 3.05) is 38.3 Å². The van der Waals surface area contributed by atoms with E-state index in [9.17, 15) is 13.2 Å². The van der Waals surface area contributed by atoms with E-state index in [4.69, 9.17) is 11.6 Å². The Morgan fingerprint density at radius 3 is 2.50 bits per heavy atom. The van der Waals surface area contributed by atoms with E-state index < -0.39 is 9.84 Å². The third-order valence-electron chi connectivity index (χ3n) is 4.72. The van der Waals surface area contributed by atoms with Gasteiger partial charge in [0.05, 0.1) is 20.7 Å². The van der Waals surface area contributed by atoms with Crippen LogP contribution in [0.4, 0.5) is 5.13 Å². The van der Waals surface area contributed by atoms with Gasteiger partial charge in [0, 0.05) is 17.8 Å². The van der Waals surface area contributed by atoms with Crippen molar-refractivity contribution < 1.29 is 13.2 Å². The number of hydrogen-bond acceptors (Lipinski definition) is 6. The molecule has 1 amide bonds. The second kappa shape index (κ2) is 9.01. The van der Waals surface area contributed by atoms with E-state index in [1.807, 2.05) is 38.1 Å². The Morgan fingerprint density at radius 2 is 1.83 bits per heavy atom. The molecule has 30 heavy (non-hydrogen) atoms. The number of rotatable bonds is 7. The van der Waals surface area contributed by atoms with Gasteiger partial charge in [0.25, 0.3) is 5.91 Å². The predicted molar refractivity (Wildman–Crippen MR) is 124 cm³/mol. The first-order valence-electron chi connectivity index (χ1n) is 9.41. The highest BCUT2D eigenvalue weighted by molar-refractivity contribution is 7.90. The van der Waals surface area contributed by atoms with Crippen LogP contribution in [0.15, 0.2) is 41.3 Å². The van der Waals surface area contributed by atoms with Crippen molar-refractivity contribution >= 4 is 54.0 Å². The van der Waals surface area contributed by atoms with E-state index in [0.717, 1.165) is 35.0 Å². The number of fused-ring (bicyclic) bond motifs is 1. The molecule has 3 aromatic rings. The van der Waals surface area contributed by atoms with Gasteiger partial charge >= 0.3 is 0 Å². The van der Waals surface area contributed by atoms with Crippen LogP contribution in [0.5, 0.6) is 0 Å². The van der Waals surface area contributed by atoms with Gasteiger partial charge in [-0.2, -0.15) is 0 Å². The lowest BCUT2D eigenvalue weighted by molar-refractivity contribution is 0.0983. The van der Waals surface area contributed by atoms with Crippen LogP contribution in [-0.2, 0) is 9.84 Å². The third kappa shape index (κ3) is 4.83. The van der Waals surface area contributed by atoms with E-state index in [2.05, 4.69) is 4.98 Å². The summed E-state index contributed by atoms with van der Waals surface area (Å²) in [6.07, 6.45) is 1.83. The van der Waals surface area contributed by atoms with E-state index in [0.29, 0.717) is 16.7 Å². The van der Waals surface area contributed by atoms with E-state index in [1.54, 1.807) is 23.1 Å². The predicted octanol–water partition coefficient (Wildman–Crippen LogP) is 4.26. The van der Waals surface area contributed by atoms with Gasteiger partial charge < -0.3 is 4.90 Å². The first-order valence-corrected chi connectivity index (χ1v) is 12.5. The molecule has 0 saturated heterocycles. The zero-order valence-electron chi connectivity index (χ0n) is 17.3. The molecular formula is C21H24ClN3O3S2. The fourth-order valence-corrected chi connectivity index (χ4v) is 5.23. The summed E-state index contributed by atoms with van der Waals surface area (Å²) >= 11 is 7.63. The topological polar surface area (TPSA) is 70.6 Å². The molecule has 6 nitrogen and oxygen atoms in total. The monoisotopic (exact) mass is 465 g/mol. The van der Waals surface area contributed by atoms with Gasteiger partial charge in [-0.3, -0.25) is 9.69 Å². The van der Waals surface area contributed by atoms with Gasteiger partial charge in [-0.1, -0.05) is 35.1 Å². The van der Waals surface area contributed by atoms with Gasteiger partial charge in [0.2, 0.25) is 0 Å². The summed E-state index contributed by atoms with van der Waals surface area (Å²) in [6, 6.07) is 10.0. The normalized spacial score (nSPS) is 11.9. The molecule has 3 rings (SSSR count). The van der Waals surface area contributed by atoms with Crippen LogP contribution in [0.2, 0.25) is 5.02 Å². The van der Waals surface area contributed by atoms with Gasteiger partial charge in [-0.05, 0) is 63.8 Å². The standard InChI is InChI=1S/C21H24ClN3O3S2/c1-14-16(22)10-11-17-19(14)23-21(29-17)25(13-7-12-24(2)3)20(26)15-8-5-6-9-18(15)30(4,27)28/h5-6,8-11H,7,12-13H2,1-4H3. The number of anilines is 1. The van der Waals surface area contributed by atoms with Crippen molar-refractivity contribution in [2.24, 2.45) is 0 Å². The van der Waals surface area contributed by atoms with E-state index >= 15 is 0 Å². The molecular weight excluding hydrogens is 442 g/mol. The Morgan fingerprint density at radius 1 is 1.13 bits per heavy atom. The average molecular weight is 466 g/mol. The molecule has 0 aliphatic rings. The SMILES string of the molecule is Cc1c(Cl)ccc2sc(N(CCCN(C)C)C(=O)c3ccccc3S(C)(=O)=O)nc12. The van der Waals surface area contributed by atoms with Gasteiger partial charge in [-0.15, -0.1) is 0 Å². The van der Waals surface area contributed by atoms with Crippen LogP contribution in [0.25, 0.3) is 10.2 Å². The van der Waals surface area contributed by atoms with Crippen LogP contribution in [0, 0.1) is 6.92 Å². The number of aromatic nitrogens is 1. The lowest BCUT2D eigenvalue weighted by atomic mass is 10.2. The van der Waals surface area contributed by atoms with Crippen molar-refractivity contribution in [3.8, 4) is 0 Å². The molecule has 0 fully saturated rings. The number of aryl methyl sites for hydroxylation is 1. The minimum atomic E-state index is -3.56. The summed E-state index contributed by atoms with van der Waals surface area (Å²) in [5.74, 6) is -0.377. The summed E-state index contributed by atoms with van der Waals surface area (Å²) in [7, 11) is 0.378. The van der Waals surface area contributed by atoms with E-state index in [1.165, 1.54) is 17.4 Å². The fraction of sp³-hybridized carbons (Fsp3) is 0.333. The Balaban J connectivity index is 2.08. The first kappa shape index (κ1) is 22.7. The minimum absolute atomic E-state index is 0.0212. The van der Waals surface area contributed by atoms with Crippen LogP contribution in [-0.4, -0.2) is 57.6 Å². The molecule has 9 heteroatoms. The van der Waals surface area contributed by atoms with Crippen LogP contribution in [0.1, 0.15) is 22.3 Å². The summed E-state index contributed by atoms with van der Waals surface area (Å²) in [5.41, 5.74) is 1.76. The second-order valence-corrected chi connectivity index (χ2v) is 10.8. The van der Waals surface area contributed by atoms with Crippen molar-refractivity contribution in [3.05, 3.63) is 52.5 Å². The maximum absolute atomic E-state index is 13.5. The molecule has 0 saturated carbocycles. The molecule has 160 valence electrons. The Bertz CT molecular complexity index is 1190. The highest BCUT2D eigenvalue weighted by atomic mass is 35.5. The zero-order chi connectivity index (χ0) is 22.1. The zero-order valence-corrected chi connectivity index (χ0v) is 19.7. The Labute approximate surface area is 186 Å². The highest BCUT2D eigenvalue weighted by Gasteiger charge is 2.26. The Hall–Kier alpha value is -2.00. The molecule has 1 aromatic heterocycles.